The lowest BCUT2D eigenvalue weighted by molar-refractivity contribution is 0.101. The largest absolute Gasteiger partial charge is 0.293 e. The normalized spacial score (nSPS) is 12.5. The first-order valence-corrected chi connectivity index (χ1v) is 5.65. The summed E-state index contributed by atoms with van der Waals surface area (Å²) in [6.07, 6.45) is 2.91. The molecule has 1 heterocycles. The van der Waals surface area contributed by atoms with Gasteiger partial charge in [-0.05, 0) is 18.6 Å². The summed E-state index contributed by atoms with van der Waals surface area (Å²) in [5, 5.41) is 0.597. The molecule has 0 aliphatic carbocycles. The van der Waals surface area contributed by atoms with E-state index in [-0.39, 0.29) is 5.78 Å². The third-order valence-electron chi connectivity index (χ3n) is 2.01. The standard InChI is InChI=1S/C11H15NOS/c1-4-8(2)14-10-5-6-11(9(3)13)12-7-10/h5-8H,4H2,1-3H3. The molecule has 0 fully saturated rings. The number of carbonyl (C=O) groups excluding carboxylic acids is 1. The van der Waals surface area contributed by atoms with Crippen LogP contribution in [0.2, 0.25) is 0 Å². The summed E-state index contributed by atoms with van der Waals surface area (Å²) in [4.78, 5) is 16.2. The summed E-state index contributed by atoms with van der Waals surface area (Å²) in [5.41, 5.74) is 0.540. The number of hydrogen-bond donors (Lipinski definition) is 0. The Morgan fingerprint density at radius 1 is 1.57 bits per heavy atom. The smallest absolute Gasteiger partial charge is 0.178 e. The van der Waals surface area contributed by atoms with E-state index in [9.17, 15) is 4.79 Å². The molecule has 14 heavy (non-hydrogen) atoms. The predicted octanol–water partition coefficient (Wildman–Crippen LogP) is 3.17. The Kier molecular flexibility index (Phi) is 4.14. The minimum absolute atomic E-state index is 0.0186. The van der Waals surface area contributed by atoms with Crippen LogP contribution in [0.5, 0.6) is 0 Å². The van der Waals surface area contributed by atoms with Gasteiger partial charge >= 0.3 is 0 Å². The summed E-state index contributed by atoms with van der Waals surface area (Å²) < 4.78 is 0. The van der Waals surface area contributed by atoms with E-state index in [4.69, 9.17) is 0 Å². The quantitative estimate of drug-likeness (QED) is 0.563. The number of nitrogens with zero attached hydrogens (tertiary/aromatic N) is 1. The van der Waals surface area contributed by atoms with Gasteiger partial charge in [-0.25, -0.2) is 0 Å². The maximum atomic E-state index is 11.0. The van der Waals surface area contributed by atoms with Crippen molar-refractivity contribution in [3.8, 4) is 0 Å². The number of hydrogen-bond acceptors (Lipinski definition) is 3. The fraction of sp³-hybridized carbons (Fsp3) is 0.455. The third kappa shape index (κ3) is 3.14. The maximum Gasteiger partial charge on any atom is 0.178 e. The second-order valence-electron chi connectivity index (χ2n) is 3.27. The maximum absolute atomic E-state index is 11.0. The second kappa shape index (κ2) is 5.15. The van der Waals surface area contributed by atoms with Gasteiger partial charge in [0.25, 0.3) is 0 Å². The molecule has 1 aromatic rings. The molecule has 0 N–H and O–H groups in total. The molecule has 0 amide bonds. The zero-order valence-corrected chi connectivity index (χ0v) is 9.60. The number of carbonyl (C=O) groups is 1. The number of pyridine rings is 1. The van der Waals surface area contributed by atoms with Crippen LogP contribution in [-0.4, -0.2) is 16.0 Å². The molecule has 2 nitrogen and oxygen atoms in total. The molecule has 76 valence electrons. The van der Waals surface area contributed by atoms with Crippen LogP contribution in [0.4, 0.5) is 0 Å². The van der Waals surface area contributed by atoms with Crippen LogP contribution in [-0.2, 0) is 0 Å². The highest BCUT2D eigenvalue weighted by Crippen LogP contribution is 2.24. The molecular formula is C11H15NOS. The highest BCUT2D eigenvalue weighted by atomic mass is 32.2. The van der Waals surface area contributed by atoms with Gasteiger partial charge in [-0.1, -0.05) is 13.8 Å². The molecule has 1 aromatic heterocycles. The van der Waals surface area contributed by atoms with E-state index in [0.29, 0.717) is 10.9 Å². The van der Waals surface area contributed by atoms with Crippen molar-refractivity contribution in [3.63, 3.8) is 0 Å². The fourth-order valence-electron chi connectivity index (χ4n) is 0.974. The van der Waals surface area contributed by atoms with Crippen LogP contribution < -0.4 is 0 Å². The number of aromatic nitrogens is 1. The monoisotopic (exact) mass is 209 g/mol. The van der Waals surface area contributed by atoms with Gasteiger partial charge in [-0.2, -0.15) is 0 Å². The van der Waals surface area contributed by atoms with Gasteiger partial charge in [0, 0.05) is 23.3 Å². The van der Waals surface area contributed by atoms with Crippen molar-refractivity contribution in [2.75, 3.05) is 0 Å². The highest BCUT2D eigenvalue weighted by molar-refractivity contribution is 7.99. The molecule has 0 aromatic carbocycles. The van der Waals surface area contributed by atoms with Crippen molar-refractivity contribution in [2.45, 2.75) is 37.3 Å². The van der Waals surface area contributed by atoms with E-state index in [2.05, 4.69) is 18.8 Å². The van der Waals surface area contributed by atoms with Crippen LogP contribution in [0.25, 0.3) is 0 Å². The molecule has 0 aliphatic heterocycles. The average molecular weight is 209 g/mol. The van der Waals surface area contributed by atoms with Crippen molar-refractivity contribution in [1.29, 1.82) is 0 Å². The number of Topliss-reactive ketones (excluding diaryl/α,β-unsaturated/α-hetero) is 1. The minimum Gasteiger partial charge on any atom is -0.293 e. The number of thioether (sulfide) groups is 1. The minimum atomic E-state index is 0.0186. The molecule has 0 saturated carbocycles. The first kappa shape index (κ1) is 11.2. The van der Waals surface area contributed by atoms with Gasteiger partial charge in [0.15, 0.2) is 5.78 Å². The molecular weight excluding hydrogens is 194 g/mol. The van der Waals surface area contributed by atoms with Gasteiger partial charge in [-0.3, -0.25) is 9.78 Å². The Morgan fingerprint density at radius 3 is 2.71 bits per heavy atom. The molecule has 1 atom stereocenters. The molecule has 0 saturated heterocycles. The zero-order valence-electron chi connectivity index (χ0n) is 8.78. The van der Waals surface area contributed by atoms with Gasteiger partial charge in [0.1, 0.15) is 5.69 Å². The summed E-state index contributed by atoms with van der Waals surface area (Å²) >= 11 is 1.79. The van der Waals surface area contributed by atoms with E-state index in [1.54, 1.807) is 24.0 Å². The molecule has 1 rings (SSSR count). The first-order valence-electron chi connectivity index (χ1n) is 4.77. The Morgan fingerprint density at radius 2 is 2.29 bits per heavy atom. The van der Waals surface area contributed by atoms with Crippen molar-refractivity contribution < 1.29 is 4.79 Å². The third-order valence-corrected chi connectivity index (χ3v) is 3.26. The van der Waals surface area contributed by atoms with E-state index < -0.39 is 0 Å². The van der Waals surface area contributed by atoms with Crippen molar-refractivity contribution >= 4 is 17.5 Å². The lowest BCUT2D eigenvalue weighted by Gasteiger charge is -2.07. The van der Waals surface area contributed by atoms with Crippen LogP contribution >= 0.6 is 11.8 Å². The van der Waals surface area contributed by atoms with Crippen molar-refractivity contribution in [2.24, 2.45) is 0 Å². The number of rotatable bonds is 4. The fourth-order valence-corrected chi connectivity index (χ4v) is 1.87. The molecule has 0 aliphatic rings. The van der Waals surface area contributed by atoms with Crippen LogP contribution in [0.1, 0.15) is 37.7 Å². The summed E-state index contributed by atoms with van der Waals surface area (Å²) in [6.45, 7) is 5.88. The van der Waals surface area contributed by atoms with E-state index in [1.165, 1.54) is 6.92 Å². The van der Waals surface area contributed by atoms with Gasteiger partial charge in [-0.15, -0.1) is 11.8 Å². The van der Waals surface area contributed by atoms with Crippen LogP contribution in [0, 0.1) is 0 Å². The summed E-state index contributed by atoms with van der Waals surface area (Å²) in [6, 6.07) is 3.74. The highest BCUT2D eigenvalue weighted by Gasteiger charge is 2.04. The molecule has 0 spiro atoms. The van der Waals surface area contributed by atoms with Gasteiger partial charge in [0.2, 0.25) is 0 Å². The Labute approximate surface area is 89.1 Å². The molecule has 3 heteroatoms. The predicted molar refractivity (Wildman–Crippen MR) is 59.9 cm³/mol. The second-order valence-corrected chi connectivity index (χ2v) is 4.78. The Balaban J connectivity index is 2.68. The van der Waals surface area contributed by atoms with E-state index >= 15 is 0 Å². The first-order chi connectivity index (χ1) is 6.63. The SMILES string of the molecule is CCC(C)Sc1ccc(C(C)=O)nc1. The van der Waals surface area contributed by atoms with Crippen LogP contribution in [0.3, 0.4) is 0 Å². The summed E-state index contributed by atoms with van der Waals surface area (Å²) in [5.74, 6) is 0.0186. The van der Waals surface area contributed by atoms with E-state index in [1.807, 2.05) is 6.07 Å². The van der Waals surface area contributed by atoms with Crippen molar-refractivity contribution in [1.82, 2.24) is 4.98 Å². The Bertz CT molecular complexity index is 308. The van der Waals surface area contributed by atoms with Crippen molar-refractivity contribution in [3.05, 3.63) is 24.0 Å². The lowest BCUT2D eigenvalue weighted by atomic mass is 10.3. The van der Waals surface area contributed by atoms with E-state index in [0.717, 1.165) is 11.3 Å². The van der Waals surface area contributed by atoms with Gasteiger partial charge in [0.05, 0.1) is 0 Å². The lowest BCUT2D eigenvalue weighted by Crippen LogP contribution is -1.97. The van der Waals surface area contributed by atoms with Crippen LogP contribution in [0.15, 0.2) is 23.2 Å². The molecule has 0 bridgehead atoms. The average Bonchev–Trinajstić information content (AvgIpc) is 2.18. The topological polar surface area (TPSA) is 30.0 Å². The summed E-state index contributed by atoms with van der Waals surface area (Å²) in [7, 11) is 0. The van der Waals surface area contributed by atoms with Gasteiger partial charge < -0.3 is 0 Å². The Hall–Kier alpha value is -0.830. The number of ketones is 1. The zero-order chi connectivity index (χ0) is 10.6. The molecule has 0 radical (unpaired) electrons. The molecule has 1 unspecified atom stereocenters.